The fourth-order valence-electron chi connectivity index (χ4n) is 3.20. The van der Waals surface area contributed by atoms with E-state index in [0.717, 1.165) is 48.8 Å². The van der Waals surface area contributed by atoms with Crippen LogP contribution < -0.4 is 5.32 Å². The van der Waals surface area contributed by atoms with Crippen molar-refractivity contribution in [2.75, 3.05) is 11.9 Å². The van der Waals surface area contributed by atoms with E-state index >= 15 is 0 Å². The Hall–Kier alpha value is -2.63. The number of phenols is 1. The molecule has 0 amide bonds. The van der Waals surface area contributed by atoms with Gasteiger partial charge in [-0.05, 0) is 41.4 Å². The Morgan fingerprint density at radius 1 is 1.04 bits per heavy atom. The van der Waals surface area contributed by atoms with Gasteiger partial charge in [0.05, 0.1) is 5.69 Å². The summed E-state index contributed by atoms with van der Waals surface area (Å²) in [6.45, 7) is 2.59. The molecule has 0 spiro atoms. The lowest BCUT2D eigenvalue weighted by atomic mass is 10.0. The highest BCUT2D eigenvalue weighted by Gasteiger charge is 2.22. The molecule has 1 aliphatic rings. The minimum absolute atomic E-state index is 0.229. The minimum Gasteiger partial charge on any atom is -0.508 e. The number of halogens is 1. The van der Waals surface area contributed by atoms with Gasteiger partial charge in [-0.3, -0.25) is 4.90 Å². The van der Waals surface area contributed by atoms with Gasteiger partial charge in [0, 0.05) is 37.3 Å². The lowest BCUT2D eigenvalue weighted by Crippen LogP contribution is -2.31. The molecule has 1 aliphatic heterocycles. The summed E-state index contributed by atoms with van der Waals surface area (Å²) in [5.74, 6) is 0.954. The Kier molecular flexibility index (Phi) is 4.73. The van der Waals surface area contributed by atoms with Crippen LogP contribution in [-0.4, -0.2) is 26.5 Å². The quantitative estimate of drug-likeness (QED) is 0.537. The van der Waals surface area contributed by atoms with Crippen molar-refractivity contribution < 1.29 is 5.11 Å². The zero-order chi connectivity index (χ0) is 17.9. The predicted octanol–water partition coefficient (Wildman–Crippen LogP) is 4.14. The number of aromatic hydroxyl groups is 1. The summed E-state index contributed by atoms with van der Waals surface area (Å²) in [6, 6.07) is 17.3. The highest BCUT2D eigenvalue weighted by molar-refractivity contribution is 6.28. The summed E-state index contributed by atoms with van der Waals surface area (Å²) in [4.78, 5) is 11.2. The molecule has 2 aromatic carbocycles. The molecule has 5 nitrogen and oxygen atoms in total. The van der Waals surface area contributed by atoms with Crippen LogP contribution in [0.3, 0.4) is 0 Å². The van der Waals surface area contributed by atoms with Crippen molar-refractivity contribution >= 4 is 23.1 Å². The van der Waals surface area contributed by atoms with Crippen molar-refractivity contribution in [2.45, 2.75) is 19.5 Å². The summed E-state index contributed by atoms with van der Waals surface area (Å²) in [6.07, 6.45) is 0.842. The van der Waals surface area contributed by atoms with Crippen LogP contribution >= 0.6 is 11.6 Å². The molecule has 4 rings (SSSR count). The molecule has 1 aromatic heterocycles. The second-order valence-electron chi connectivity index (χ2n) is 6.38. The topological polar surface area (TPSA) is 61.3 Å². The van der Waals surface area contributed by atoms with E-state index in [-0.39, 0.29) is 11.0 Å². The zero-order valence-electron chi connectivity index (χ0n) is 14.2. The molecular formula is C20H19ClN4O. The molecular weight excluding hydrogens is 348 g/mol. The van der Waals surface area contributed by atoms with Crippen molar-refractivity contribution in [2.24, 2.45) is 0 Å². The summed E-state index contributed by atoms with van der Waals surface area (Å²) in [5, 5.41) is 13.0. The van der Waals surface area contributed by atoms with Crippen LogP contribution in [0.2, 0.25) is 5.28 Å². The summed E-state index contributed by atoms with van der Waals surface area (Å²) in [5.41, 5.74) is 4.21. The first-order valence-corrected chi connectivity index (χ1v) is 8.93. The highest BCUT2D eigenvalue weighted by Crippen LogP contribution is 2.28. The Labute approximate surface area is 157 Å². The Bertz CT molecular complexity index is 900. The summed E-state index contributed by atoms with van der Waals surface area (Å²) < 4.78 is 0. The van der Waals surface area contributed by atoms with E-state index in [1.165, 1.54) is 5.56 Å². The number of nitrogens with one attached hydrogen (secondary N) is 1. The molecule has 0 atom stereocenters. The third-order valence-corrected chi connectivity index (χ3v) is 4.66. The first kappa shape index (κ1) is 16.8. The van der Waals surface area contributed by atoms with Gasteiger partial charge in [0.2, 0.25) is 5.28 Å². The van der Waals surface area contributed by atoms with Crippen LogP contribution in [0.15, 0.2) is 54.6 Å². The van der Waals surface area contributed by atoms with Crippen molar-refractivity contribution in [1.82, 2.24) is 14.9 Å². The molecule has 0 radical (unpaired) electrons. The normalized spacial score (nSPS) is 14.0. The molecule has 2 N–H and O–H groups in total. The Morgan fingerprint density at radius 3 is 2.58 bits per heavy atom. The number of nitrogens with zero attached hydrogens (tertiary/aromatic N) is 3. The van der Waals surface area contributed by atoms with Crippen LogP contribution in [0.1, 0.15) is 16.8 Å². The van der Waals surface area contributed by atoms with Gasteiger partial charge in [0.15, 0.2) is 0 Å². The molecule has 0 fully saturated rings. The molecule has 0 unspecified atom stereocenters. The van der Waals surface area contributed by atoms with Gasteiger partial charge in [0.1, 0.15) is 11.6 Å². The molecule has 2 heterocycles. The second kappa shape index (κ2) is 7.32. The van der Waals surface area contributed by atoms with Gasteiger partial charge >= 0.3 is 0 Å². The van der Waals surface area contributed by atoms with E-state index in [9.17, 15) is 5.11 Å². The average Bonchev–Trinajstić information content (AvgIpc) is 2.65. The van der Waals surface area contributed by atoms with Gasteiger partial charge in [0.25, 0.3) is 0 Å². The largest absolute Gasteiger partial charge is 0.508 e. The standard InChI is InChI=1S/C20H19ClN4O/c21-20-23-18-10-11-25(12-14-4-2-1-3-5-14)13-17(18)19(24-20)22-15-6-8-16(26)9-7-15/h1-9,26H,10-13H2,(H,22,23,24). The molecule has 0 aliphatic carbocycles. The van der Waals surface area contributed by atoms with E-state index in [1.54, 1.807) is 12.1 Å². The summed E-state index contributed by atoms with van der Waals surface area (Å²) >= 11 is 6.12. The Balaban J connectivity index is 1.59. The number of hydrogen-bond donors (Lipinski definition) is 2. The lowest BCUT2D eigenvalue weighted by molar-refractivity contribution is 0.243. The van der Waals surface area contributed by atoms with Gasteiger partial charge < -0.3 is 10.4 Å². The number of benzene rings is 2. The monoisotopic (exact) mass is 366 g/mol. The van der Waals surface area contributed by atoms with Crippen LogP contribution in [0, 0.1) is 0 Å². The van der Waals surface area contributed by atoms with Crippen molar-refractivity contribution in [3.63, 3.8) is 0 Å². The van der Waals surface area contributed by atoms with Crippen molar-refractivity contribution in [3.8, 4) is 5.75 Å². The first-order valence-electron chi connectivity index (χ1n) is 8.55. The fourth-order valence-corrected chi connectivity index (χ4v) is 3.39. The van der Waals surface area contributed by atoms with Crippen LogP contribution in [-0.2, 0) is 19.5 Å². The fraction of sp³-hybridized carbons (Fsp3) is 0.200. The van der Waals surface area contributed by atoms with Crippen molar-refractivity contribution in [3.05, 3.63) is 76.7 Å². The maximum atomic E-state index is 9.45. The molecule has 3 aromatic rings. The lowest BCUT2D eigenvalue weighted by Gasteiger charge is -2.29. The van der Waals surface area contributed by atoms with E-state index in [2.05, 4.69) is 44.5 Å². The average molecular weight is 367 g/mol. The van der Waals surface area contributed by atoms with E-state index in [4.69, 9.17) is 11.6 Å². The molecule has 0 saturated carbocycles. The first-order chi connectivity index (χ1) is 12.7. The molecule has 0 saturated heterocycles. The number of rotatable bonds is 4. The predicted molar refractivity (Wildman–Crippen MR) is 103 cm³/mol. The molecule has 0 bridgehead atoms. The zero-order valence-corrected chi connectivity index (χ0v) is 14.9. The minimum atomic E-state index is 0.229. The second-order valence-corrected chi connectivity index (χ2v) is 6.72. The summed E-state index contributed by atoms with van der Waals surface area (Å²) in [7, 11) is 0. The highest BCUT2D eigenvalue weighted by atomic mass is 35.5. The number of phenolic OH excluding ortho intramolecular Hbond substituents is 1. The number of hydrogen-bond acceptors (Lipinski definition) is 5. The third kappa shape index (κ3) is 3.79. The molecule has 132 valence electrons. The Morgan fingerprint density at radius 2 is 1.81 bits per heavy atom. The number of aromatic nitrogens is 2. The van der Waals surface area contributed by atoms with E-state index in [1.807, 2.05) is 18.2 Å². The van der Waals surface area contributed by atoms with Gasteiger partial charge in [-0.1, -0.05) is 30.3 Å². The molecule has 26 heavy (non-hydrogen) atoms. The molecule has 6 heteroatoms. The van der Waals surface area contributed by atoms with E-state index in [0.29, 0.717) is 0 Å². The van der Waals surface area contributed by atoms with Gasteiger partial charge in [-0.15, -0.1) is 0 Å². The SMILES string of the molecule is Oc1ccc(Nc2nc(Cl)nc3c2CN(Cc2ccccc2)CC3)cc1. The number of anilines is 2. The van der Waals surface area contributed by atoms with Gasteiger partial charge in [-0.25, -0.2) is 9.97 Å². The van der Waals surface area contributed by atoms with E-state index < -0.39 is 0 Å². The van der Waals surface area contributed by atoms with Crippen molar-refractivity contribution in [1.29, 1.82) is 0 Å². The smallest absolute Gasteiger partial charge is 0.224 e. The maximum Gasteiger partial charge on any atom is 0.224 e. The van der Waals surface area contributed by atoms with Crippen LogP contribution in [0.25, 0.3) is 0 Å². The van der Waals surface area contributed by atoms with Gasteiger partial charge in [-0.2, -0.15) is 0 Å². The maximum absolute atomic E-state index is 9.45. The van der Waals surface area contributed by atoms with Crippen LogP contribution in [0.5, 0.6) is 5.75 Å². The van der Waals surface area contributed by atoms with Crippen LogP contribution in [0.4, 0.5) is 11.5 Å². The number of fused-ring (bicyclic) bond motifs is 1. The third-order valence-electron chi connectivity index (χ3n) is 4.49.